The fourth-order valence-corrected chi connectivity index (χ4v) is 3.68. The van der Waals surface area contributed by atoms with Gasteiger partial charge in [-0.3, -0.25) is 9.36 Å². The van der Waals surface area contributed by atoms with Crippen molar-refractivity contribution in [1.29, 1.82) is 0 Å². The van der Waals surface area contributed by atoms with Crippen LogP contribution in [0.3, 0.4) is 0 Å². The number of carboxylic acid groups (broad SMARTS) is 1. The molecule has 1 atom stereocenters. The number of nitrogens with zero attached hydrogens (tertiary/aromatic N) is 2. The maximum Gasteiger partial charge on any atom is 0.335 e. The van der Waals surface area contributed by atoms with E-state index in [0.29, 0.717) is 17.0 Å². The Labute approximate surface area is 176 Å². The van der Waals surface area contributed by atoms with Crippen LogP contribution in [0, 0.1) is 20.8 Å². The number of hydrogen-bond acceptors (Lipinski definition) is 3. The monoisotopic (exact) mass is 405 g/mol. The zero-order valence-corrected chi connectivity index (χ0v) is 18.0. The lowest BCUT2D eigenvalue weighted by Crippen LogP contribution is -2.29. The summed E-state index contributed by atoms with van der Waals surface area (Å²) in [5, 5.41) is 12.2. The van der Waals surface area contributed by atoms with Crippen molar-refractivity contribution in [2.45, 2.75) is 47.1 Å². The van der Waals surface area contributed by atoms with Crippen molar-refractivity contribution < 1.29 is 14.7 Å². The minimum absolute atomic E-state index is 0.222. The molecule has 1 heterocycles. The third-order valence-corrected chi connectivity index (χ3v) is 5.37. The normalized spacial score (nSPS) is 11.9. The molecule has 1 aromatic heterocycles. The smallest absolute Gasteiger partial charge is 0.335 e. The number of benzene rings is 2. The van der Waals surface area contributed by atoms with Crippen LogP contribution in [0.4, 0.5) is 0 Å². The van der Waals surface area contributed by atoms with E-state index < -0.39 is 5.97 Å². The number of rotatable bonds is 6. The number of nitrogens with one attached hydrogen (secondary N) is 1. The highest BCUT2D eigenvalue weighted by atomic mass is 16.4. The topological polar surface area (TPSA) is 84.2 Å². The van der Waals surface area contributed by atoms with E-state index >= 15 is 0 Å². The summed E-state index contributed by atoms with van der Waals surface area (Å²) >= 11 is 0. The number of carbonyl (C=O) groups is 2. The first-order chi connectivity index (χ1) is 14.2. The zero-order chi connectivity index (χ0) is 22.0. The average Bonchev–Trinajstić information content (AvgIpc) is 3.01. The molecule has 0 aliphatic carbocycles. The summed E-state index contributed by atoms with van der Waals surface area (Å²) in [6.45, 7) is 9.45. The summed E-state index contributed by atoms with van der Waals surface area (Å²) < 4.78 is 1.87. The van der Waals surface area contributed by atoms with Gasteiger partial charge in [-0.25, -0.2) is 9.78 Å². The summed E-state index contributed by atoms with van der Waals surface area (Å²) in [4.78, 5) is 28.9. The average molecular weight is 405 g/mol. The number of aromatic carboxylic acids is 1. The second-order valence-corrected chi connectivity index (χ2v) is 7.52. The van der Waals surface area contributed by atoms with Crippen molar-refractivity contribution in [1.82, 2.24) is 14.9 Å². The molecule has 2 N–H and O–H groups in total. The highest BCUT2D eigenvalue weighted by molar-refractivity contribution is 5.95. The lowest BCUT2D eigenvalue weighted by Gasteiger charge is -2.17. The molecule has 0 spiro atoms. The molecule has 156 valence electrons. The van der Waals surface area contributed by atoms with Crippen LogP contribution < -0.4 is 5.32 Å². The van der Waals surface area contributed by atoms with Crippen molar-refractivity contribution in [3.8, 4) is 5.69 Å². The molecule has 0 aliphatic heterocycles. The molecular formula is C24H27N3O3. The van der Waals surface area contributed by atoms with Gasteiger partial charge in [0.15, 0.2) is 0 Å². The molecule has 0 saturated carbocycles. The molecule has 0 bridgehead atoms. The molecule has 6 heteroatoms. The SMILES string of the molecule is CCc1ccc(-n2c(C)nc(C)c2C(=O)NC(C)c2ccc(C(=O)O)c(C)c2)cc1. The van der Waals surface area contributed by atoms with Crippen LogP contribution in [0.5, 0.6) is 0 Å². The minimum Gasteiger partial charge on any atom is -0.478 e. The van der Waals surface area contributed by atoms with E-state index in [4.69, 9.17) is 0 Å². The number of amides is 1. The number of aryl methyl sites for hydroxylation is 4. The quantitative estimate of drug-likeness (QED) is 0.630. The zero-order valence-electron chi connectivity index (χ0n) is 18.0. The molecule has 0 saturated heterocycles. The van der Waals surface area contributed by atoms with Crippen molar-refractivity contribution in [3.05, 3.63) is 81.9 Å². The molecule has 3 aromatic rings. The number of carbonyl (C=O) groups excluding carboxylic acids is 1. The van der Waals surface area contributed by atoms with Crippen LogP contribution >= 0.6 is 0 Å². The summed E-state index contributed by atoms with van der Waals surface area (Å²) in [5.74, 6) is -0.434. The van der Waals surface area contributed by atoms with Gasteiger partial charge in [-0.1, -0.05) is 31.2 Å². The molecule has 0 fully saturated rings. The molecule has 0 radical (unpaired) electrons. The Kier molecular flexibility index (Phi) is 6.06. The molecule has 30 heavy (non-hydrogen) atoms. The Bertz CT molecular complexity index is 1100. The van der Waals surface area contributed by atoms with Gasteiger partial charge in [0.25, 0.3) is 5.91 Å². The summed E-state index contributed by atoms with van der Waals surface area (Å²) in [5.41, 5.74) is 5.06. The fraction of sp³-hybridized carbons (Fsp3) is 0.292. The first kappa shape index (κ1) is 21.3. The van der Waals surface area contributed by atoms with Crippen LogP contribution in [0.25, 0.3) is 5.69 Å². The summed E-state index contributed by atoms with van der Waals surface area (Å²) in [6, 6.07) is 12.9. The van der Waals surface area contributed by atoms with Gasteiger partial charge in [0.05, 0.1) is 17.3 Å². The number of carboxylic acids is 1. The first-order valence-electron chi connectivity index (χ1n) is 10.0. The van der Waals surface area contributed by atoms with E-state index in [9.17, 15) is 14.7 Å². The molecule has 0 aliphatic rings. The second-order valence-electron chi connectivity index (χ2n) is 7.52. The third-order valence-electron chi connectivity index (χ3n) is 5.37. The van der Waals surface area contributed by atoms with Crippen LogP contribution in [-0.2, 0) is 6.42 Å². The molecule has 6 nitrogen and oxygen atoms in total. The van der Waals surface area contributed by atoms with E-state index in [1.807, 2.05) is 37.5 Å². The fourth-order valence-electron chi connectivity index (χ4n) is 3.68. The van der Waals surface area contributed by atoms with Crippen molar-refractivity contribution in [2.24, 2.45) is 0 Å². The van der Waals surface area contributed by atoms with E-state index in [1.165, 1.54) is 5.56 Å². The van der Waals surface area contributed by atoms with Crippen LogP contribution in [0.15, 0.2) is 42.5 Å². The Balaban J connectivity index is 1.90. The first-order valence-corrected chi connectivity index (χ1v) is 10.0. The van der Waals surface area contributed by atoms with E-state index in [2.05, 4.69) is 29.4 Å². The van der Waals surface area contributed by atoms with Gasteiger partial charge in [0, 0.05) is 5.69 Å². The molecule has 1 unspecified atom stereocenters. The van der Waals surface area contributed by atoms with Gasteiger partial charge in [-0.2, -0.15) is 0 Å². The Morgan fingerprint density at radius 3 is 2.33 bits per heavy atom. The molecule has 2 aromatic carbocycles. The van der Waals surface area contributed by atoms with Crippen molar-refractivity contribution in [2.75, 3.05) is 0 Å². The number of hydrogen-bond donors (Lipinski definition) is 2. The van der Waals surface area contributed by atoms with Gasteiger partial charge >= 0.3 is 5.97 Å². The lowest BCUT2D eigenvalue weighted by molar-refractivity contribution is 0.0695. The maximum atomic E-state index is 13.2. The largest absolute Gasteiger partial charge is 0.478 e. The van der Waals surface area contributed by atoms with Gasteiger partial charge in [0.1, 0.15) is 11.5 Å². The van der Waals surface area contributed by atoms with Crippen molar-refractivity contribution >= 4 is 11.9 Å². The van der Waals surface area contributed by atoms with E-state index in [1.54, 1.807) is 25.1 Å². The third kappa shape index (κ3) is 4.13. The summed E-state index contributed by atoms with van der Waals surface area (Å²) in [7, 11) is 0. The van der Waals surface area contributed by atoms with E-state index in [0.717, 1.165) is 23.5 Å². The maximum absolute atomic E-state index is 13.2. The van der Waals surface area contributed by atoms with Gasteiger partial charge in [-0.15, -0.1) is 0 Å². The molecule has 3 rings (SSSR count). The Morgan fingerprint density at radius 2 is 1.77 bits per heavy atom. The number of aromatic nitrogens is 2. The Hall–Kier alpha value is -3.41. The summed E-state index contributed by atoms with van der Waals surface area (Å²) in [6.07, 6.45) is 0.952. The molecular weight excluding hydrogens is 378 g/mol. The van der Waals surface area contributed by atoms with Crippen LogP contribution in [-0.4, -0.2) is 26.5 Å². The number of imidazole rings is 1. The highest BCUT2D eigenvalue weighted by Crippen LogP contribution is 2.22. The second kappa shape index (κ2) is 8.53. The Morgan fingerprint density at radius 1 is 1.10 bits per heavy atom. The van der Waals surface area contributed by atoms with Gasteiger partial charge < -0.3 is 10.4 Å². The van der Waals surface area contributed by atoms with E-state index in [-0.39, 0.29) is 17.5 Å². The standard InChI is InChI=1S/C24H27N3O3/c1-6-18-7-10-20(11-8-18)27-17(5)25-16(4)22(27)23(28)26-15(3)19-9-12-21(24(29)30)14(2)13-19/h7-13,15H,6H2,1-5H3,(H,26,28)(H,29,30). The van der Waals surface area contributed by atoms with Gasteiger partial charge in [0.2, 0.25) is 0 Å². The van der Waals surface area contributed by atoms with Crippen LogP contribution in [0.1, 0.15) is 68.9 Å². The minimum atomic E-state index is -0.958. The predicted octanol–water partition coefficient (Wildman–Crippen LogP) is 4.55. The van der Waals surface area contributed by atoms with Crippen LogP contribution in [0.2, 0.25) is 0 Å². The predicted molar refractivity (Wildman–Crippen MR) is 116 cm³/mol. The highest BCUT2D eigenvalue weighted by Gasteiger charge is 2.22. The van der Waals surface area contributed by atoms with Gasteiger partial charge in [-0.05, 0) is 69.0 Å². The lowest BCUT2D eigenvalue weighted by atomic mass is 10.0. The van der Waals surface area contributed by atoms with Crippen molar-refractivity contribution in [3.63, 3.8) is 0 Å². The molecule has 1 amide bonds.